The molecule has 0 aliphatic rings. The zero-order valence-corrected chi connectivity index (χ0v) is 82.7. The SMILES string of the molecule is CC.CC.CC.CC.CO.CO.C[CH-]c1ccccc1.Oc1ccccc1[CH-]c1ccccc1.[H-].[H-].[Rb+].[Rb+].[Rb+].[Rb+].[Rb+].[Rb+].[Rb][Rb].[Rb][Rb]. The summed E-state index contributed by atoms with van der Waals surface area (Å²) in [6.45, 7) is 18.0. The van der Waals surface area contributed by atoms with E-state index in [0.717, 1.165) is 161 Å². The van der Waals surface area contributed by atoms with Crippen molar-refractivity contribution in [2.24, 2.45) is 0 Å². The van der Waals surface area contributed by atoms with Crippen LogP contribution in [0.5, 0.6) is 5.75 Å². The number of benzene rings is 3. The van der Waals surface area contributed by atoms with Crippen LogP contribution in [0, 0.1) is 12.8 Å². The number of hydrogen-bond donors (Lipinski definition) is 3. The minimum atomic E-state index is 0. The molecular weight excluding hydrogens is 1280 g/mol. The standard InChI is InChI=1S/C13H11O.C8H9.4C2H6.2CH4O.10Rb.2H/c14-13-9-5-4-8-12(13)10-11-6-2-1-3-7-11;1-2-8-6-4-3-5-7-8;6*1-2;;;;;;;;;;;;/h1-10,14H;2-7H,1H3;4*1-2H3;2*2H,1H3;;;;;;;;;;;;/q2*-1;;;;;;;;;;;6*+1;2*-1. The van der Waals surface area contributed by atoms with Gasteiger partial charge >= 0.3 is 485 Å². The molecule has 0 bridgehead atoms. The van der Waals surface area contributed by atoms with Crippen molar-refractivity contribution >= 4 is 135 Å². The molecule has 0 heterocycles. The number of aliphatic hydroxyl groups excluding tert-OH is 2. The van der Waals surface area contributed by atoms with E-state index in [0.29, 0.717) is 5.75 Å². The third kappa shape index (κ3) is 77.7. The van der Waals surface area contributed by atoms with Crippen LogP contribution in [0.15, 0.2) is 84.9 Å². The van der Waals surface area contributed by atoms with E-state index in [1.165, 1.54) is 5.56 Å². The van der Waals surface area contributed by atoms with Gasteiger partial charge in [0.25, 0.3) is 0 Å². The van der Waals surface area contributed by atoms with E-state index in [-0.39, 0.29) is 352 Å². The van der Waals surface area contributed by atoms with Crippen molar-refractivity contribution in [2.75, 3.05) is 14.2 Å². The maximum atomic E-state index is 9.54. The molecule has 3 nitrogen and oxygen atoms in total. The summed E-state index contributed by atoms with van der Waals surface area (Å²) in [5, 5.41) is 23.5. The van der Waals surface area contributed by atoms with Crippen LogP contribution in [0.3, 0.4) is 0 Å². The molecule has 0 amide bonds. The van der Waals surface area contributed by atoms with E-state index in [1.54, 1.807) is 6.07 Å². The zero-order chi connectivity index (χ0) is 31.6. The van der Waals surface area contributed by atoms with Gasteiger partial charge in [0, 0.05) is 14.2 Å². The Bertz CT molecular complexity index is 714. The maximum absolute atomic E-state index is 9.54. The Morgan fingerprint density at radius 1 is 0.455 bits per heavy atom. The summed E-state index contributed by atoms with van der Waals surface area (Å²) in [6.07, 6.45) is 4.04. The van der Waals surface area contributed by atoms with E-state index in [1.807, 2.05) is 135 Å². The molecule has 0 saturated carbocycles. The van der Waals surface area contributed by atoms with Gasteiger partial charge in [-0.15, -0.1) is 42.3 Å². The fourth-order valence-corrected chi connectivity index (χ4v) is 1.98. The second kappa shape index (κ2) is 102. The van der Waals surface area contributed by atoms with Crippen LogP contribution in [0.4, 0.5) is 0 Å². The molecule has 3 rings (SSSR count). The van der Waals surface area contributed by atoms with E-state index >= 15 is 0 Å². The predicted molar refractivity (Wildman–Crippen MR) is 179 cm³/mol. The molecule has 13 heteroatoms. The Kier molecular flexibility index (Phi) is 218. The van der Waals surface area contributed by atoms with E-state index in [4.69, 9.17) is 10.2 Å². The molecule has 0 atom stereocenters. The summed E-state index contributed by atoms with van der Waals surface area (Å²) in [6, 6.07) is 27.5. The van der Waals surface area contributed by atoms with Crippen molar-refractivity contribution in [2.45, 2.75) is 62.3 Å². The van der Waals surface area contributed by atoms with Crippen molar-refractivity contribution in [3.05, 3.63) is 114 Å². The molecule has 0 saturated heterocycles. The van der Waals surface area contributed by atoms with Gasteiger partial charge in [0.1, 0.15) is 0 Å². The third-order valence-corrected chi connectivity index (χ3v) is 3.19. The molecule has 0 unspecified atom stereocenters. The summed E-state index contributed by atoms with van der Waals surface area (Å²) in [7, 11) is 2.00. The molecule has 3 aromatic carbocycles. The van der Waals surface area contributed by atoms with Crippen LogP contribution in [-0.2, 0) is 0 Å². The van der Waals surface area contributed by atoms with Crippen molar-refractivity contribution in [1.82, 2.24) is 0 Å². The van der Waals surface area contributed by atoms with Gasteiger partial charge in [-0.1, -0.05) is 110 Å². The van der Waals surface area contributed by atoms with Crippen molar-refractivity contribution in [1.29, 1.82) is 0 Å². The molecule has 0 radical (unpaired) electrons. The second-order valence-electron chi connectivity index (χ2n) is 4.81. The van der Waals surface area contributed by atoms with Crippen molar-refractivity contribution < 1.29 is 367 Å². The number of rotatable bonds is 3. The first-order valence-corrected chi connectivity index (χ1v) is 82.2. The van der Waals surface area contributed by atoms with Gasteiger partial charge in [0.05, 0.1) is 5.75 Å². The molecule has 0 fully saturated rings. The Labute approximate surface area is 670 Å². The van der Waals surface area contributed by atoms with Crippen LogP contribution >= 0.6 is 0 Å². The zero-order valence-electron chi connectivity index (χ0n) is 35.6. The number of aliphatic hydroxyl groups is 2. The van der Waals surface area contributed by atoms with E-state index in [9.17, 15) is 5.11 Å². The Hall–Kier alpha value is 15.2. The fourth-order valence-electron chi connectivity index (χ4n) is 1.98. The molecule has 204 valence electrons. The summed E-state index contributed by atoms with van der Waals surface area (Å²) in [5.74, 6) is 0.316. The summed E-state index contributed by atoms with van der Waals surface area (Å²) in [4.78, 5) is 0. The topological polar surface area (TPSA) is 60.7 Å². The number of hydrogen-bond acceptors (Lipinski definition) is 3. The Morgan fingerprint density at radius 3 is 0.955 bits per heavy atom. The average Bonchev–Trinajstić information content (AvgIpc) is 3.07. The molecular formula is C31H54O3Rb10+2. The van der Waals surface area contributed by atoms with Crippen LogP contribution in [0.2, 0.25) is 0 Å². The van der Waals surface area contributed by atoms with Crippen LogP contribution in [0.25, 0.3) is 0 Å². The molecule has 0 aromatic heterocycles. The number of para-hydroxylation sites is 1. The first kappa shape index (κ1) is 93.9. The van der Waals surface area contributed by atoms with Crippen molar-refractivity contribution in [3.8, 4) is 5.75 Å². The number of phenolic OH excluding ortho intramolecular Hbond substituents is 1. The summed E-state index contributed by atoms with van der Waals surface area (Å²) >= 11 is 4.64. The van der Waals surface area contributed by atoms with E-state index < -0.39 is 0 Å². The fraction of sp³-hybridized carbons (Fsp3) is 0.355. The first-order chi connectivity index (χ1) is 18.8. The monoisotopic (exact) mass is 1320 g/mol. The quantitative estimate of drug-likeness (QED) is 0.229. The Morgan fingerprint density at radius 2 is 0.705 bits per heavy atom. The van der Waals surface area contributed by atoms with Gasteiger partial charge in [-0.2, -0.15) is 24.1 Å². The molecule has 0 aliphatic heterocycles. The number of phenols is 1. The minimum absolute atomic E-state index is 0. The van der Waals surface area contributed by atoms with Gasteiger partial charge < -0.3 is 18.2 Å². The van der Waals surface area contributed by atoms with Crippen LogP contribution in [-0.4, -0.2) is 165 Å². The van der Waals surface area contributed by atoms with Gasteiger partial charge in [-0.3, -0.25) is 0 Å². The summed E-state index contributed by atoms with van der Waals surface area (Å²) < 4.78 is 0. The molecule has 3 aromatic rings. The summed E-state index contributed by atoms with van der Waals surface area (Å²) in [5.41, 5.74) is 3.22. The average molecular weight is 1330 g/mol. The van der Waals surface area contributed by atoms with Gasteiger partial charge in [-0.05, 0) is 0 Å². The van der Waals surface area contributed by atoms with Gasteiger partial charge in [-0.25, -0.2) is 0 Å². The van der Waals surface area contributed by atoms with E-state index in [2.05, 4.69) is 18.6 Å². The molecule has 0 aliphatic carbocycles. The van der Waals surface area contributed by atoms with Gasteiger partial charge in [0.2, 0.25) is 0 Å². The Balaban J connectivity index is -0.0000000205. The van der Waals surface area contributed by atoms with Gasteiger partial charge in [0.15, 0.2) is 0 Å². The number of aromatic hydroxyl groups is 1. The van der Waals surface area contributed by atoms with Crippen LogP contribution < -0.4 is 349 Å². The van der Waals surface area contributed by atoms with Crippen LogP contribution in [0.1, 0.15) is 81.9 Å². The molecule has 44 heavy (non-hydrogen) atoms. The predicted octanol–water partition coefficient (Wildman–Crippen LogP) is -10.7. The van der Waals surface area contributed by atoms with Crippen molar-refractivity contribution in [3.63, 3.8) is 0 Å². The molecule has 3 N–H and O–H groups in total. The first-order valence-electron chi connectivity index (χ1n) is 14.2. The normalized spacial score (nSPS) is 5.84. The second-order valence-corrected chi connectivity index (χ2v) is 4.81. The molecule has 0 spiro atoms. The third-order valence-electron chi connectivity index (χ3n) is 3.19.